The Balaban J connectivity index is 1.82. The Kier molecular flexibility index (Phi) is 6.77. The van der Waals surface area contributed by atoms with Gasteiger partial charge in [-0.3, -0.25) is 14.2 Å². The highest BCUT2D eigenvalue weighted by Crippen LogP contribution is 2.34. The van der Waals surface area contributed by atoms with Crippen LogP contribution in [0.1, 0.15) is 29.7 Å². The van der Waals surface area contributed by atoms with Gasteiger partial charge < -0.3 is 10.1 Å². The minimum atomic E-state index is -0.123. The van der Waals surface area contributed by atoms with Gasteiger partial charge in [0.1, 0.15) is 10.6 Å². The third-order valence-electron chi connectivity index (χ3n) is 5.31. The normalized spacial score (nSPS) is 13.5. The van der Waals surface area contributed by atoms with Crippen LogP contribution in [0.3, 0.4) is 0 Å². The number of carbonyl (C=O) groups is 1. The number of thioether (sulfide) groups is 1. The van der Waals surface area contributed by atoms with Gasteiger partial charge in [-0.05, 0) is 55.5 Å². The molecule has 0 saturated carbocycles. The summed E-state index contributed by atoms with van der Waals surface area (Å²) in [5.41, 5.74) is 1.81. The van der Waals surface area contributed by atoms with E-state index in [0.717, 1.165) is 41.5 Å². The first-order valence-electron chi connectivity index (χ1n) is 10.3. The average molecular weight is 456 g/mol. The van der Waals surface area contributed by atoms with Crippen LogP contribution in [-0.2, 0) is 17.6 Å². The molecule has 1 aromatic carbocycles. The van der Waals surface area contributed by atoms with Gasteiger partial charge in [0.15, 0.2) is 5.16 Å². The topological polar surface area (TPSA) is 73.2 Å². The van der Waals surface area contributed by atoms with Gasteiger partial charge in [0.25, 0.3) is 5.56 Å². The second kappa shape index (κ2) is 9.70. The molecule has 1 aliphatic rings. The van der Waals surface area contributed by atoms with Crippen LogP contribution in [0.5, 0.6) is 5.75 Å². The molecule has 0 unspecified atom stereocenters. The van der Waals surface area contributed by atoms with E-state index in [0.29, 0.717) is 23.1 Å². The lowest BCUT2D eigenvalue weighted by Crippen LogP contribution is -2.26. The number of hydrogen-bond acceptors (Lipinski definition) is 6. The quantitative estimate of drug-likeness (QED) is 0.251. The summed E-state index contributed by atoms with van der Waals surface area (Å²) in [6, 6.07) is 7.35. The van der Waals surface area contributed by atoms with Crippen LogP contribution in [0.15, 0.2) is 46.9 Å². The number of thiophene rings is 1. The molecule has 2 heterocycles. The molecule has 4 rings (SSSR count). The number of hydrogen-bond donors (Lipinski definition) is 1. The molecular weight excluding hydrogens is 430 g/mol. The van der Waals surface area contributed by atoms with E-state index in [-0.39, 0.29) is 17.2 Å². The largest absolute Gasteiger partial charge is 0.497 e. The third-order valence-corrected chi connectivity index (χ3v) is 7.44. The number of nitrogens with one attached hydrogen (secondary N) is 1. The van der Waals surface area contributed by atoms with Gasteiger partial charge in [-0.25, -0.2) is 4.98 Å². The van der Waals surface area contributed by atoms with Gasteiger partial charge in [0.2, 0.25) is 5.91 Å². The van der Waals surface area contributed by atoms with Crippen molar-refractivity contribution in [1.82, 2.24) is 14.9 Å². The van der Waals surface area contributed by atoms with Gasteiger partial charge >= 0.3 is 0 Å². The van der Waals surface area contributed by atoms with E-state index in [1.165, 1.54) is 23.1 Å². The summed E-state index contributed by atoms with van der Waals surface area (Å²) in [6.07, 6.45) is 7.00. The predicted octanol–water partition coefficient (Wildman–Crippen LogP) is 4.12. The van der Waals surface area contributed by atoms with Crippen molar-refractivity contribution in [2.45, 2.75) is 37.3 Å². The van der Waals surface area contributed by atoms with E-state index in [1.807, 2.05) is 24.3 Å². The highest BCUT2D eigenvalue weighted by atomic mass is 32.2. The first kappa shape index (κ1) is 21.6. The zero-order valence-electron chi connectivity index (χ0n) is 17.5. The fourth-order valence-corrected chi connectivity index (χ4v) is 5.93. The highest BCUT2D eigenvalue weighted by Gasteiger charge is 2.22. The zero-order chi connectivity index (χ0) is 21.8. The molecule has 0 saturated heterocycles. The fourth-order valence-electron chi connectivity index (χ4n) is 3.79. The van der Waals surface area contributed by atoms with Crippen LogP contribution in [0.4, 0.5) is 0 Å². The molecule has 3 aromatic rings. The summed E-state index contributed by atoms with van der Waals surface area (Å²) in [4.78, 5) is 32.8. The number of nitrogens with zero attached hydrogens (tertiary/aromatic N) is 2. The van der Waals surface area contributed by atoms with Crippen molar-refractivity contribution in [3.63, 3.8) is 0 Å². The Morgan fingerprint density at radius 3 is 2.81 bits per heavy atom. The lowest BCUT2D eigenvalue weighted by atomic mass is 10.1. The van der Waals surface area contributed by atoms with Crippen molar-refractivity contribution in [2.24, 2.45) is 0 Å². The summed E-state index contributed by atoms with van der Waals surface area (Å²) >= 11 is 2.90. The van der Waals surface area contributed by atoms with Gasteiger partial charge in [0.05, 0.1) is 23.9 Å². The third kappa shape index (κ3) is 4.55. The predicted molar refractivity (Wildman–Crippen MR) is 127 cm³/mol. The van der Waals surface area contributed by atoms with Gasteiger partial charge in [-0.15, -0.1) is 17.9 Å². The molecule has 0 fully saturated rings. The summed E-state index contributed by atoms with van der Waals surface area (Å²) < 4.78 is 6.89. The van der Waals surface area contributed by atoms with Gasteiger partial charge in [-0.1, -0.05) is 24.3 Å². The Labute approximate surface area is 189 Å². The monoisotopic (exact) mass is 455 g/mol. The van der Waals surface area contributed by atoms with E-state index in [4.69, 9.17) is 9.72 Å². The molecule has 31 heavy (non-hydrogen) atoms. The molecule has 1 aliphatic carbocycles. The molecule has 0 aliphatic heterocycles. The molecule has 1 amide bonds. The summed E-state index contributed by atoms with van der Waals surface area (Å²) in [7, 11) is 1.61. The molecule has 0 spiro atoms. The van der Waals surface area contributed by atoms with Crippen LogP contribution >= 0.6 is 23.1 Å². The first-order chi connectivity index (χ1) is 15.1. The number of ether oxygens (including phenoxy) is 1. The number of fused-ring (bicyclic) bond motifs is 3. The Morgan fingerprint density at radius 2 is 2.06 bits per heavy atom. The molecular formula is C23H25N3O3S2. The maximum Gasteiger partial charge on any atom is 0.267 e. The molecule has 8 heteroatoms. The molecule has 0 radical (unpaired) electrons. The average Bonchev–Trinajstić information content (AvgIpc) is 2.97. The standard InChI is InChI=1S/C23H25N3O3S2/c1-3-13-24-19(27)14-30-23-25-21-20(17-7-5-4-6-8-18(17)31-21)22(28)26(23)15-9-11-16(29-2)12-10-15/h3,9-12H,1,4-8,13-14H2,2H3,(H,24,27). The number of amides is 1. The zero-order valence-corrected chi connectivity index (χ0v) is 19.1. The van der Waals surface area contributed by atoms with Crippen molar-refractivity contribution >= 4 is 39.2 Å². The lowest BCUT2D eigenvalue weighted by molar-refractivity contribution is -0.118. The molecule has 0 atom stereocenters. The first-order valence-corrected chi connectivity index (χ1v) is 12.1. The number of methoxy groups -OCH3 is 1. The SMILES string of the molecule is C=CCNC(=O)CSc1nc2sc3c(c2c(=O)n1-c1ccc(OC)cc1)CCCCC3. The number of aromatic nitrogens is 2. The Hall–Kier alpha value is -2.58. The smallest absolute Gasteiger partial charge is 0.267 e. The molecule has 162 valence electrons. The number of carbonyl (C=O) groups excluding carboxylic acids is 1. The second-order valence-electron chi connectivity index (χ2n) is 7.36. The van der Waals surface area contributed by atoms with Crippen molar-refractivity contribution in [1.29, 1.82) is 0 Å². The van der Waals surface area contributed by atoms with Crippen LogP contribution in [0, 0.1) is 0 Å². The molecule has 6 nitrogen and oxygen atoms in total. The van der Waals surface area contributed by atoms with E-state index in [1.54, 1.807) is 29.1 Å². The van der Waals surface area contributed by atoms with Crippen molar-refractivity contribution in [3.05, 3.63) is 57.7 Å². The lowest BCUT2D eigenvalue weighted by Gasteiger charge is -2.13. The van der Waals surface area contributed by atoms with Crippen molar-refractivity contribution < 1.29 is 9.53 Å². The minimum Gasteiger partial charge on any atom is -0.497 e. The van der Waals surface area contributed by atoms with Crippen molar-refractivity contribution in [3.8, 4) is 11.4 Å². The maximum atomic E-state index is 13.7. The number of aryl methyl sites for hydroxylation is 2. The van der Waals surface area contributed by atoms with Crippen LogP contribution in [-0.4, -0.2) is 34.9 Å². The van der Waals surface area contributed by atoms with Crippen LogP contribution in [0.2, 0.25) is 0 Å². The Bertz CT molecular complexity index is 1170. The summed E-state index contributed by atoms with van der Waals surface area (Å²) in [5, 5.41) is 4.02. The van der Waals surface area contributed by atoms with E-state index < -0.39 is 0 Å². The van der Waals surface area contributed by atoms with E-state index >= 15 is 0 Å². The number of benzene rings is 1. The van der Waals surface area contributed by atoms with Gasteiger partial charge in [-0.2, -0.15) is 0 Å². The summed E-state index contributed by atoms with van der Waals surface area (Å²) in [5.74, 6) is 0.767. The summed E-state index contributed by atoms with van der Waals surface area (Å²) in [6.45, 7) is 4.03. The number of rotatable bonds is 7. The molecule has 2 aromatic heterocycles. The highest BCUT2D eigenvalue weighted by molar-refractivity contribution is 7.99. The fraction of sp³-hybridized carbons (Fsp3) is 0.348. The van der Waals surface area contributed by atoms with E-state index in [9.17, 15) is 9.59 Å². The molecule has 0 bridgehead atoms. The second-order valence-corrected chi connectivity index (χ2v) is 9.39. The molecule has 1 N–H and O–H groups in total. The van der Waals surface area contributed by atoms with Gasteiger partial charge in [0, 0.05) is 11.4 Å². The maximum absolute atomic E-state index is 13.7. The Morgan fingerprint density at radius 1 is 1.29 bits per heavy atom. The van der Waals surface area contributed by atoms with Crippen LogP contribution in [0.25, 0.3) is 15.9 Å². The van der Waals surface area contributed by atoms with Crippen LogP contribution < -0.4 is 15.6 Å². The van der Waals surface area contributed by atoms with E-state index in [2.05, 4.69) is 11.9 Å². The minimum absolute atomic E-state index is 0.0661. The van der Waals surface area contributed by atoms with Crippen molar-refractivity contribution in [2.75, 3.05) is 19.4 Å².